The Bertz CT molecular complexity index is 340. The Morgan fingerprint density at radius 2 is 1.79 bits per heavy atom. The summed E-state index contributed by atoms with van der Waals surface area (Å²) in [5.74, 6) is 1.47. The Morgan fingerprint density at radius 3 is 2.16 bits per heavy atom. The van der Waals surface area contributed by atoms with Gasteiger partial charge < -0.3 is 0 Å². The van der Waals surface area contributed by atoms with E-state index in [0.29, 0.717) is 16.7 Å². The van der Waals surface area contributed by atoms with Gasteiger partial charge >= 0.3 is 0 Å². The maximum atomic E-state index is 2.55. The fourth-order valence-electron chi connectivity index (χ4n) is 3.37. The molecule has 1 aliphatic rings. The third kappa shape index (κ3) is 4.23. The summed E-state index contributed by atoms with van der Waals surface area (Å²) in [6.45, 7) is 16.5. The van der Waals surface area contributed by atoms with Gasteiger partial charge in [0.15, 0.2) is 0 Å². The lowest BCUT2D eigenvalue weighted by Crippen LogP contribution is -2.32. The summed E-state index contributed by atoms with van der Waals surface area (Å²) in [6.07, 6.45) is 12.5. The molecule has 19 heavy (non-hydrogen) atoms. The van der Waals surface area contributed by atoms with Crippen LogP contribution in [-0.2, 0) is 0 Å². The van der Waals surface area contributed by atoms with Crippen LogP contribution >= 0.6 is 0 Å². The van der Waals surface area contributed by atoms with Crippen molar-refractivity contribution in [2.75, 3.05) is 0 Å². The van der Waals surface area contributed by atoms with Gasteiger partial charge in [0.05, 0.1) is 0 Å². The van der Waals surface area contributed by atoms with E-state index < -0.39 is 0 Å². The summed E-state index contributed by atoms with van der Waals surface area (Å²) in [4.78, 5) is 0. The number of rotatable bonds is 5. The average molecular weight is 262 g/mol. The lowest BCUT2D eigenvalue weighted by molar-refractivity contribution is 0.149. The Morgan fingerprint density at radius 1 is 1.16 bits per heavy atom. The molecule has 0 heterocycles. The highest BCUT2D eigenvalue weighted by molar-refractivity contribution is 5.29. The lowest BCUT2D eigenvalue weighted by Gasteiger charge is -2.42. The predicted octanol–water partition coefficient (Wildman–Crippen LogP) is 6.39. The summed E-state index contributed by atoms with van der Waals surface area (Å²) in [5.41, 5.74) is 2.33. The molecule has 3 atom stereocenters. The van der Waals surface area contributed by atoms with Crippen molar-refractivity contribution < 1.29 is 0 Å². The van der Waals surface area contributed by atoms with E-state index in [-0.39, 0.29) is 0 Å². The molecule has 0 N–H and O–H groups in total. The molecular weight excluding hydrogens is 228 g/mol. The van der Waals surface area contributed by atoms with Crippen LogP contribution in [0.3, 0.4) is 0 Å². The first-order valence-corrected chi connectivity index (χ1v) is 8.13. The van der Waals surface area contributed by atoms with Gasteiger partial charge in [0.1, 0.15) is 0 Å². The van der Waals surface area contributed by atoms with Crippen molar-refractivity contribution in [3.63, 3.8) is 0 Å². The molecule has 3 unspecified atom stereocenters. The zero-order chi connectivity index (χ0) is 14.7. The molecule has 0 radical (unpaired) electrons. The Kier molecular flexibility index (Phi) is 5.47. The van der Waals surface area contributed by atoms with Crippen LogP contribution < -0.4 is 0 Å². The highest BCUT2D eigenvalue weighted by Crippen LogP contribution is 2.47. The molecule has 0 aromatic carbocycles. The maximum Gasteiger partial charge on any atom is -0.00499 e. The minimum atomic E-state index is 0.379. The second-order valence-electron chi connectivity index (χ2n) is 7.83. The minimum Gasteiger partial charge on any atom is -0.0802 e. The van der Waals surface area contributed by atoms with E-state index in [4.69, 9.17) is 0 Å². The number of allylic oxidation sites excluding steroid dienone is 4. The van der Waals surface area contributed by atoms with E-state index in [1.165, 1.54) is 25.7 Å². The minimum absolute atomic E-state index is 0.379. The molecule has 1 aliphatic carbocycles. The summed E-state index contributed by atoms with van der Waals surface area (Å²) >= 11 is 0. The lowest BCUT2D eigenvalue weighted by atomic mass is 9.62. The maximum absolute atomic E-state index is 2.55. The van der Waals surface area contributed by atoms with Crippen molar-refractivity contribution in [3.05, 3.63) is 23.8 Å². The van der Waals surface area contributed by atoms with Crippen LogP contribution in [0.25, 0.3) is 0 Å². The molecule has 0 saturated carbocycles. The highest BCUT2D eigenvalue weighted by atomic mass is 14.4. The van der Waals surface area contributed by atoms with Gasteiger partial charge in [-0.2, -0.15) is 0 Å². The summed E-state index contributed by atoms with van der Waals surface area (Å²) < 4.78 is 0. The zero-order valence-electron chi connectivity index (χ0n) is 14.2. The molecule has 0 aromatic heterocycles. The van der Waals surface area contributed by atoms with Crippen molar-refractivity contribution in [1.82, 2.24) is 0 Å². The van der Waals surface area contributed by atoms with Gasteiger partial charge in [-0.15, -0.1) is 0 Å². The van der Waals surface area contributed by atoms with Crippen molar-refractivity contribution in [3.8, 4) is 0 Å². The number of hydrogen-bond acceptors (Lipinski definition) is 0. The van der Waals surface area contributed by atoms with Crippen LogP contribution in [0.1, 0.15) is 74.1 Å². The molecule has 0 bridgehead atoms. The van der Waals surface area contributed by atoms with Crippen LogP contribution in [0.2, 0.25) is 0 Å². The van der Waals surface area contributed by atoms with Crippen molar-refractivity contribution in [2.24, 2.45) is 22.7 Å². The first-order valence-electron chi connectivity index (χ1n) is 8.13. The quantitative estimate of drug-likeness (QED) is 0.538. The van der Waals surface area contributed by atoms with Crippen LogP contribution in [0, 0.1) is 22.7 Å². The largest absolute Gasteiger partial charge is 0.0802 e. The molecule has 0 heteroatoms. The van der Waals surface area contributed by atoms with Gasteiger partial charge in [-0.1, -0.05) is 73.1 Å². The van der Waals surface area contributed by atoms with Crippen molar-refractivity contribution in [1.29, 1.82) is 0 Å². The van der Waals surface area contributed by atoms with Gasteiger partial charge in [-0.3, -0.25) is 0 Å². The second-order valence-corrected chi connectivity index (χ2v) is 7.83. The SMILES string of the molecule is CCC(C)C1=CCC(CC(C)(C)C)(C(C)CC)C=C1. The second kappa shape index (κ2) is 6.29. The summed E-state index contributed by atoms with van der Waals surface area (Å²) in [5, 5.41) is 0. The first kappa shape index (κ1) is 16.5. The molecule has 0 saturated heterocycles. The summed E-state index contributed by atoms with van der Waals surface area (Å²) in [6, 6.07) is 0. The topological polar surface area (TPSA) is 0 Å². The van der Waals surface area contributed by atoms with E-state index >= 15 is 0 Å². The van der Waals surface area contributed by atoms with Crippen LogP contribution in [0.15, 0.2) is 23.8 Å². The third-order valence-corrected chi connectivity index (χ3v) is 4.96. The van der Waals surface area contributed by atoms with Crippen LogP contribution in [0.5, 0.6) is 0 Å². The molecule has 110 valence electrons. The molecule has 0 nitrogen and oxygen atoms in total. The number of hydrogen-bond donors (Lipinski definition) is 0. The van der Waals surface area contributed by atoms with Gasteiger partial charge in [0, 0.05) is 0 Å². The fourth-order valence-corrected chi connectivity index (χ4v) is 3.37. The summed E-state index contributed by atoms with van der Waals surface area (Å²) in [7, 11) is 0. The Balaban J connectivity index is 2.94. The fraction of sp³-hybridized carbons (Fsp3) is 0.789. The highest BCUT2D eigenvalue weighted by Gasteiger charge is 2.37. The van der Waals surface area contributed by atoms with Crippen LogP contribution in [0.4, 0.5) is 0 Å². The van der Waals surface area contributed by atoms with Crippen molar-refractivity contribution in [2.45, 2.75) is 74.1 Å². The van der Waals surface area contributed by atoms with E-state index in [2.05, 4.69) is 66.7 Å². The van der Waals surface area contributed by atoms with Gasteiger partial charge in [-0.25, -0.2) is 0 Å². The molecule has 0 aliphatic heterocycles. The zero-order valence-corrected chi connectivity index (χ0v) is 14.2. The van der Waals surface area contributed by atoms with Gasteiger partial charge in [0.2, 0.25) is 0 Å². The normalized spacial score (nSPS) is 27.0. The van der Waals surface area contributed by atoms with E-state index in [1.807, 2.05) is 0 Å². The first-order chi connectivity index (χ1) is 8.74. The molecule has 0 fully saturated rings. The van der Waals surface area contributed by atoms with Crippen molar-refractivity contribution >= 4 is 0 Å². The van der Waals surface area contributed by atoms with E-state index in [1.54, 1.807) is 5.57 Å². The molecule has 0 aromatic rings. The Hall–Kier alpha value is -0.520. The standard InChI is InChI=1S/C19H34/c1-8-15(3)17-10-12-19(13-11-17,16(4)9-2)14-18(5,6)7/h10-12,15-16H,8-9,13-14H2,1-7H3. The molecule has 1 rings (SSSR count). The Labute approximate surface area is 121 Å². The van der Waals surface area contributed by atoms with E-state index in [0.717, 1.165) is 5.92 Å². The third-order valence-electron chi connectivity index (χ3n) is 4.96. The van der Waals surface area contributed by atoms with E-state index in [9.17, 15) is 0 Å². The molecule has 0 amide bonds. The van der Waals surface area contributed by atoms with Gasteiger partial charge in [-0.05, 0) is 47.5 Å². The average Bonchev–Trinajstić information content (AvgIpc) is 2.35. The predicted molar refractivity (Wildman–Crippen MR) is 87.3 cm³/mol. The molecular formula is C19H34. The van der Waals surface area contributed by atoms with Gasteiger partial charge in [0.25, 0.3) is 0 Å². The smallest absolute Gasteiger partial charge is 0.00499 e. The monoisotopic (exact) mass is 262 g/mol. The molecule has 0 spiro atoms. The van der Waals surface area contributed by atoms with Crippen LogP contribution in [-0.4, -0.2) is 0 Å².